The van der Waals surface area contributed by atoms with Gasteiger partial charge in [-0.1, -0.05) is 30.3 Å². The quantitative estimate of drug-likeness (QED) is 0.835. The number of nitrogens with zero attached hydrogens (tertiary/aromatic N) is 1. The Labute approximate surface area is 106 Å². The van der Waals surface area contributed by atoms with Gasteiger partial charge in [-0.05, 0) is 17.7 Å². The number of nitrogens with one attached hydrogen (secondary N) is 1. The number of hydrogen-bond acceptors (Lipinski definition) is 2. The van der Waals surface area contributed by atoms with Crippen molar-refractivity contribution in [2.45, 2.75) is 12.5 Å². The maximum absolute atomic E-state index is 11.9. The highest BCUT2D eigenvalue weighted by molar-refractivity contribution is 5.93. The molecule has 1 aromatic carbocycles. The highest BCUT2D eigenvalue weighted by Crippen LogP contribution is 2.05. The molecule has 0 aliphatic heterocycles. The SMILES string of the molecule is [NH3+][C@@H](Cc1ccccc1)C(=O)Nc1cccnc1. The van der Waals surface area contributed by atoms with Crippen LogP contribution in [0.25, 0.3) is 0 Å². The molecule has 0 saturated carbocycles. The highest BCUT2D eigenvalue weighted by atomic mass is 16.2. The van der Waals surface area contributed by atoms with Crippen molar-refractivity contribution >= 4 is 11.6 Å². The molecular formula is C14H16N3O+. The lowest BCUT2D eigenvalue weighted by Crippen LogP contribution is -2.67. The molecule has 2 rings (SSSR count). The second-order valence-corrected chi connectivity index (χ2v) is 4.12. The smallest absolute Gasteiger partial charge is 0.282 e. The van der Waals surface area contributed by atoms with Crippen molar-refractivity contribution < 1.29 is 10.5 Å². The number of anilines is 1. The van der Waals surface area contributed by atoms with E-state index < -0.39 is 0 Å². The van der Waals surface area contributed by atoms with Crippen LogP contribution in [0.2, 0.25) is 0 Å². The van der Waals surface area contributed by atoms with E-state index in [-0.39, 0.29) is 11.9 Å². The Kier molecular flexibility index (Phi) is 4.04. The van der Waals surface area contributed by atoms with Crippen LogP contribution in [0.15, 0.2) is 54.9 Å². The van der Waals surface area contributed by atoms with Gasteiger partial charge in [0.2, 0.25) is 0 Å². The summed E-state index contributed by atoms with van der Waals surface area (Å²) in [5.74, 6) is -0.0909. The van der Waals surface area contributed by atoms with E-state index in [1.807, 2.05) is 30.3 Å². The molecular weight excluding hydrogens is 226 g/mol. The van der Waals surface area contributed by atoms with Gasteiger partial charge >= 0.3 is 0 Å². The van der Waals surface area contributed by atoms with Gasteiger partial charge in [0, 0.05) is 12.6 Å². The molecule has 2 aromatic rings. The van der Waals surface area contributed by atoms with Crippen LogP contribution in [-0.2, 0) is 11.2 Å². The molecule has 0 saturated heterocycles. The average molecular weight is 242 g/mol. The number of carbonyl (C=O) groups excluding carboxylic acids is 1. The van der Waals surface area contributed by atoms with Crippen molar-refractivity contribution in [2.24, 2.45) is 0 Å². The van der Waals surface area contributed by atoms with Gasteiger partial charge in [0.15, 0.2) is 6.04 Å². The van der Waals surface area contributed by atoms with Gasteiger partial charge < -0.3 is 11.1 Å². The lowest BCUT2D eigenvalue weighted by atomic mass is 10.1. The number of hydrogen-bond donors (Lipinski definition) is 2. The summed E-state index contributed by atoms with van der Waals surface area (Å²) >= 11 is 0. The van der Waals surface area contributed by atoms with E-state index in [9.17, 15) is 4.79 Å². The number of pyridine rings is 1. The largest absolute Gasteiger partial charge is 0.347 e. The Morgan fingerprint density at radius 1 is 1.22 bits per heavy atom. The van der Waals surface area contributed by atoms with E-state index in [4.69, 9.17) is 0 Å². The number of quaternary nitrogens is 1. The number of amides is 1. The zero-order valence-corrected chi connectivity index (χ0v) is 10.0. The first-order chi connectivity index (χ1) is 8.75. The molecule has 0 fully saturated rings. The summed E-state index contributed by atoms with van der Waals surface area (Å²) in [6, 6.07) is 13.1. The minimum absolute atomic E-state index is 0.0909. The third-order valence-electron chi connectivity index (χ3n) is 2.62. The van der Waals surface area contributed by atoms with Gasteiger partial charge in [-0.15, -0.1) is 0 Å². The molecule has 0 spiro atoms. The Bertz CT molecular complexity index is 499. The molecule has 0 aliphatic carbocycles. The maximum Gasteiger partial charge on any atom is 0.282 e. The van der Waals surface area contributed by atoms with E-state index in [1.165, 1.54) is 0 Å². The zero-order chi connectivity index (χ0) is 12.8. The summed E-state index contributed by atoms with van der Waals surface area (Å²) < 4.78 is 0. The van der Waals surface area contributed by atoms with Crippen LogP contribution in [0.5, 0.6) is 0 Å². The van der Waals surface area contributed by atoms with Crippen LogP contribution >= 0.6 is 0 Å². The van der Waals surface area contributed by atoms with Crippen molar-refractivity contribution in [1.82, 2.24) is 4.98 Å². The van der Waals surface area contributed by atoms with Crippen LogP contribution in [0.4, 0.5) is 5.69 Å². The predicted octanol–water partition coefficient (Wildman–Crippen LogP) is 0.873. The first kappa shape index (κ1) is 12.3. The topological polar surface area (TPSA) is 69.6 Å². The van der Waals surface area contributed by atoms with Crippen molar-refractivity contribution in [2.75, 3.05) is 5.32 Å². The molecule has 1 heterocycles. The Hall–Kier alpha value is -2.20. The molecule has 18 heavy (non-hydrogen) atoms. The lowest BCUT2D eigenvalue weighted by Gasteiger charge is -2.09. The van der Waals surface area contributed by atoms with Crippen LogP contribution in [0.3, 0.4) is 0 Å². The minimum Gasteiger partial charge on any atom is -0.347 e. The number of rotatable bonds is 4. The summed E-state index contributed by atoms with van der Waals surface area (Å²) in [4.78, 5) is 15.9. The van der Waals surface area contributed by atoms with Gasteiger partial charge in [0.05, 0.1) is 11.9 Å². The normalized spacial score (nSPS) is 11.8. The van der Waals surface area contributed by atoms with E-state index in [0.29, 0.717) is 12.1 Å². The summed E-state index contributed by atoms with van der Waals surface area (Å²) in [6.07, 6.45) is 3.92. The Morgan fingerprint density at radius 2 is 2.00 bits per heavy atom. The fourth-order valence-electron chi connectivity index (χ4n) is 1.67. The van der Waals surface area contributed by atoms with Crippen LogP contribution in [-0.4, -0.2) is 16.9 Å². The third-order valence-corrected chi connectivity index (χ3v) is 2.62. The second kappa shape index (κ2) is 5.93. The summed E-state index contributed by atoms with van der Waals surface area (Å²) in [5.41, 5.74) is 5.71. The highest BCUT2D eigenvalue weighted by Gasteiger charge is 2.17. The number of aromatic nitrogens is 1. The molecule has 0 unspecified atom stereocenters. The Balaban J connectivity index is 1.93. The standard InChI is InChI=1S/C14H15N3O/c15-13(9-11-5-2-1-3-6-11)14(18)17-12-7-4-8-16-10-12/h1-8,10,13H,9,15H2,(H,17,18)/p+1/t13-/m0/s1. The van der Waals surface area contributed by atoms with Gasteiger partial charge in [-0.2, -0.15) is 0 Å². The van der Waals surface area contributed by atoms with Crippen molar-refractivity contribution in [1.29, 1.82) is 0 Å². The van der Waals surface area contributed by atoms with E-state index in [1.54, 1.807) is 24.5 Å². The average Bonchev–Trinajstić information content (AvgIpc) is 2.41. The molecule has 1 aromatic heterocycles. The zero-order valence-electron chi connectivity index (χ0n) is 10.0. The molecule has 4 heteroatoms. The molecule has 92 valence electrons. The summed E-state index contributed by atoms with van der Waals surface area (Å²) in [7, 11) is 0. The number of carbonyl (C=O) groups is 1. The monoisotopic (exact) mass is 242 g/mol. The van der Waals surface area contributed by atoms with E-state index in [0.717, 1.165) is 5.56 Å². The van der Waals surface area contributed by atoms with E-state index >= 15 is 0 Å². The van der Waals surface area contributed by atoms with Crippen LogP contribution in [0.1, 0.15) is 5.56 Å². The van der Waals surface area contributed by atoms with Gasteiger partial charge in [0.1, 0.15) is 0 Å². The van der Waals surface area contributed by atoms with Crippen molar-refractivity contribution in [3.8, 4) is 0 Å². The maximum atomic E-state index is 11.9. The van der Waals surface area contributed by atoms with Gasteiger partial charge in [-0.25, -0.2) is 0 Å². The molecule has 0 aliphatic rings. The summed E-state index contributed by atoms with van der Waals surface area (Å²) in [6.45, 7) is 0. The second-order valence-electron chi connectivity index (χ2n) is 4.12. The van der Waals surface area contributed by atoms with E-state index in [2.05, 4.69) is 16.0 Å². The van der Waals surface area contributed by atoms with Crippen LogP contribution in [0, 0.1) is 0 Å². The molecule has 4 N–H and O–H groups in total. The van der Waals surface area contributed by atoms with Gasteiger partial charge in [0.25, 0.3) is 5.91 Å². The van der Waals surface area contributed by atoms with Crippen molar-refractivity contribution in [3.05, 3.63) is 60.4 Å². The fourth-order valence-corrected chi connectivity index (χ4v) is 1.67. The van der Waals surface area contributed by atoms with Crippen molar-refractivity contribution in [3.63, 3.8) is 0 Å². The van der Waals surface area contributed by atoms with Gasteiger partial charge in [-0.3, -0.25) is 9.78 Å². The summed E-state index contributed by atoms with van der Waals surface area (Å²) in [5, 5.41) is 2.80. The van der Waals surface area contributed by atoms with Crippen LogP contribution < -0.4 is 11.1 Å². The molecule has 4 nitrogen and oxygen atoms in total. The first-order valence-electron chi connectivity index (χ1n) is 5.83. The predicted molar refractivity (Wildman–Crippen MR) is 69.7 cm³/mol. The molecule has 1 atom stereocenters. The fraction of sp³-hybridized carbons (Fsp3) is 0.143. The lowest BCUT2D eigenvalue weighted by molar-refractivity contribution is -0.402. The minimum atomic E-state index is -0.312. The third kappa shape index (κ3) is 3.40. The number of benzene rings is 1. The molecule has 1 amide bonds. The first-order valence-corrected chi connectivity index (χ1v) is 5.83. The molecule has 0 radical (unpaired) electrons. The Morgan fingerprint density at radius 3 is 2.67 bits per heavy atom. The molecule has 0 bridgehead atoms.